The number of ketones is 1. The van der Waals surface area contributed by atoms with Gasteiger partial charge >= 0.3 is 0 Å². The molecule has 2 aliphatic rings. The van der Waals surface area contributed by atoms with Crippen molar-refractivity contribution in [2.45, 2.75) is 44.6 Å². The topological polar surface area (TPSA) is 20.3 Å². The van der Waals surface area contributed by atoms with Gasteiger partial charge in [0.25, 0.3) is 0 Å². The largest absolute Gasteiger partial charge is 0.300 e. The third-order valence-electron chi connectivity index (χ3n) is 4.71. The predicted molar refractivity (Wildman–Crippen MR) is 77.0 cm³/mol. The van der Waals surface area contributed by atoms with E-state index in [9.17, 15) is 4.79 Å². The van der Waals surface area contributed by atoms with Gasteiger partial charge in [0.05, 0.1) is 0 Å². The summed E-state index contributed by atoms with van der Waals surface area (Å²) in [6, 6.07) is 11.4. The monoisotopic (exact) mass is 257 g/mol. The predicted octanol–water partition coefficient (Wildman–Crippen LogP) is 3.58. The highest BCUT2D eigenvalue weighted by Crippen LogP contribution is 2.38. The van der Waals surface area contributed by atoms with Crippen molar-refractivity contribution in [3.05, 3.63) is 35.9 Å². The van der Waals surface area contributed by atoms with Crippen LogP contribution in [0.1, 0.15) is 50.1 Å². The van der Waals surface area contributed by atoms with Crippen LogP contribution in [0.3, 0.4) is 0 Å². The molecule has 2 fully saturated rings. The minimum absolute atomic E-state index is 0.462. The quantitative estimate of drug-likeness (QED) is 0.825. The van der Waals surface area contributed by atoms with Crippen LogP contribution >= 0.6 is 0 Å². The average molecular weight is 257 g/mol. The van der Waals surface area contributed by atoms with Crippen LogP contribution < -0.4 is 0 Å². The summed E-state index contributed by atoms with van der Waals surface area (Å²) < 4.78 is 0. The first-order chi connectivity index (χ1) is 9.34. The first kappa shape index (κ1) is 12.9. The van der Waals surface area contributed by atoms with Crippen molar-refractivity contribution in [1.82, 2.24) is 4.90 Å². The summed E-state index contributed by atoms with van der Waals surface area (Å²) in [5.41, 5.74) is 1.45. The van der Waals surface area contributed by atoms with Crippen LogP contribution in [0.25, 0.3) is 0 Å². The van der Waals surface area contributed by atoms with E-state index in [1.807, 2.05) is 0 Å². The lowest BCUT2D eigenvalue weighted by Gasteiger charge is -2.36. The van der Waals surface area contributed by atoms with Gasteiger partial charge in [-0.25, -0.2) is 0 Å². The molecule has 1 heterocycles. The molecule has 0 radical (unpaired) electrons. The molecule has 1 saturated heterocycles. The van der Waals surface area contributed by atoms with Crippen LogP contribution in [0.2, 0.25) is 0 Å². The van der Waals surface area contributed by atoms with Crippen molar-refractivity contribution in [2.24, 2.45) is 5.92 Å². The lowest BCUT2D eigenvalue weighted by atomic mass is 9.80. The minimum atomic E-state index is 0.462. The summed E-state index contributed by atoms with van der Waals surface area (Å²) >= 11 is 0. The van der Waals surface area contributed by atoms with E-state index in [-0.39, 0.29) is 0 Å². The van der Waals surface area contributed by atoms with Crippen LogP contribution in [0.15, 0.2) is 30.3 Å². The standard InChI is InChI=1S/C17H23NO/c19-16-10-8-15(9-11-16)17(18-12-4-5-13-18)14-6-2-1-3-7-14/h1-3,6-7,15,17H,4-5,8-13H2. The molecule has 1 aliphatic carbocycles. The Morgan fingerprint density at radius 3 is 2.26 bits per heavy atom. The molecule has 0 spiro atoms. The van der Waals surface area contributed by atoms with Crippen molar-refractivity contribution >= 4 is 5.78 Å². The summed E-state index contributed by atoms with van der Waals surface area (Å²) in [5.74, 6) is 1.13. The summed E-state index contributed by atoms with van der Waals surface area (Å²) in [6.07, 6.45) is 6.40. The Labute approximate surface area is 115 Å². The van der Waals surface area contributed by atoms with Crippen LogP contribution in [-0.2, 0) is 4.79 Å². The molecule has 1 aliphatic heterocycles. The van der Waals surface area contributed by atoms with E-state index >= 15 is 0 Å². The highest BCUT2D eigenvalue weighted by atomic mass is 16.1. The number of likely N-dealkylation sites (tertiary alicyclic amines) is 1. The van der Waals surface area contributed by atoms with Gasteiger partial charge in [0.1, 0.15) is 5.78 Å². The molecule has 102 valence electrons. The number of carbonyl (C=O) groups is 1. The maximum Gasteiger partial charge on any atom is 0.132 e. The van der Waals surface area contributed by atoms with Crippen molar-refractivity contribution in [3.8, 4) is 0 Å². The molecule has 1 aromatic carbocycles. The Bertz CT molecular complexity index is 412. The van der Waals surface area contributed by atoms with Crippen molar-refractivity contribution in [1.29, 1.82) is 0 Å². The van der Waals surface area contributed by atoms with Gasteiger partial charge in [0, 0.05) is 18.9 Å². The highest BCUT2D eigenvalue weighted by molar-refractivity contribution is 5.79. The average Bonchev–Trinajstić information content (AvgIpc) is 2.96. The number of hydrogen-bond donors (Lipinski definition) is 0. The van der Waals surface area contributed by atoms with Gasteiger partial charge in [-0.3, -0.25) is 9.69 Å². The normalized spacial score (nSPS) is 23.7. The SMILES string of the molecule is O=C1CCC(C(c2ccccc2)N2CCCC2)CC1. The second kappa shape index (κ2) is 5.87. The summed E-state index contributed by atoms with van der Waals surface area (Å²) in [5, 5.41) is 0. The zero-order valence-electron chi connectivity index (χ0n) is 11.6. The van der Waals surface area contributed by atoms with Gasteiger partial charge in [-0.2, -0.15) is 0 Å². The third kappa shape index (κ3) is 2.89. The summed E-state index contributed by atoms with van der Waals surface area (Å²) in [4.78, 5) is 14.1. The summed E-state index contributed by atoms with van der Waals surface area (Å²) in [7, 11) is 0. The molecule has 3 rings (SSSR count). The lowest BCUT2D eigenvalue weighted by molar-refractivity contribution is -0.121. The number of hydrogen-bond acceptors (Lipinski definition) is 2. The molecule has 0 amide bonds. The second-order valence-corrected chi connectivity index (χ2v) is 5.97. The third-order valence-corrected chi connectivity index (χ3v) is 4.71. The number of Topliss-reactive ketones (excluding diaryl/α,β-unsaturated/α-hetero) is 1. The van der Waals surface area contributed by atoms with Crippen molar-refractivity contribution < 1.29 is 4.79 Å². The molecule has 19 heavy (non-hydrogen) atoms. The van der Waals surface area contributed by atoms with Crippen LogP contribution in [0.4, 0.5) is 0 Å². The van der Waals surface area contributed by atoms with Crippen LogP contribution in [0, 0.1) is 5.92 Å². The Kier molecular flexibility index (Phi) is 3.97. The van der Waals surface area contributed by atoms with Gasteiger partial charge in [0.15, 0.2) is 0 Å². The fourth-order valence-corrected chi connectivity index (χ4v) is 3.73. The molecule has 2 nitrogen and oxygen atoms in total. The fraction of sp³-hybridized carbons (Fsp3) is 0.588. The van der Waals surface area contributed by atoms with E-state index in [0.29, 0.717) is 17.7 Å². The Hall–Kier alpha value is -1.15. The number of carbonyl (C=O) groups excluding carboxylic acids is 1. The zero-order valence-corrected chi connectivity index (χ0v) is 11.6. The van der Waals surface area contributed by atoms with E-state index in [1.165, 1.54) is 31.5 Å². The molecular formula is C17H23NO. The molecular weight excluding hydrogens is 234 g/mol. The number of rotatable bonds is 3. The Morgan fingerprint density at radius 1 is 1.00 bits per heavy atom. The smallest absolute Gasteiger partial charge is 0.132 e. The lowest BCUT2D eigenvalue weighted by Crippen LogP contribution is -2.33. The summed E-state index contributed by atoms with van der Waals surface area (Å²) in [6.45, 7) is 2.45. The van der Waals surface area contributed by atoms with E-state index in [1.54, 1.807) is 0 Å². The molecule has 0 aromatic heterocycles. The maximum atomic E-state index is 11.5. The van der Waals surface area contributed by atoms with Crippen LogP contribution in [-0.4, -0.2) is 23.8 Å². The first-order valence-corrected chi connectivity index (χ1v) is 7.65. The molecule has 1 aromatic rings. The van der Waals surface area contributed by atoms with E-state index in [0.717, 1.165) is 25.7 Å². The number of benzene rings is 1. The van der Waals surface area contributed by atoms with Crippen molar-refractivity contribution in [3.63, 3.8) is 0 Å². The molecule has 0 bridgehead atoms. The molecule has 1 atom stereocenters. The molecule has 1 saturated carbocycles. The molecule has 0 N–H and O–H groups in total. The molecule has 1 unspecified atom stereocenters. The van der Waals surface area contributed by atoms with Gasteiger partial charge in [-0.05, 0) is 50.3 Å². The van der Waals surface area contributed by atoms with Gasteiger partial charge in [0.2, 0.25) is 0 Å². The van der Waals surface area contributed by atoms with Crippen LogP contribution in [0.5, 0.6) is 0 Å². The van der Waals surface area contributed by atoms with E-state index in [2.05, 4.69) is 35.2 Å². The first-order valence-electron chi connectivity index (χ1n) is 7.65. The Balaban J connectivity index is 1.81. The maximum absolute atomic E-state index is 11.5. The minimum Gasteiger partial charge on any atom is -0.300 e. The fourth-order valence-electron chi connectivity index (χ4n) is 3.73. The molecule has 2 heteroatoms. The van der Waals surface area contributed by atoms with Gasteiger partial charge in [-0.1, -0.05) is 30.3 Å². The van der Waals surface area contributed by atoms with Gasteiger partial charge < -0.3 is 0 Å². The number of nitrogens with zero attached hydrogens (tertiary/aromatic N) is 1. The highest BCUT2D eigenvalue weighted by Gasteiger charge is 2.32. The van der Waals surface area contributed by atoms with E-state index in [4.69, 9.17) is 0 Å². The second-order valence-electron chi connectivity index (χ2n) is 5.97. The zero-order chi connectivity index (χ0) is 13.1. The Morgan fingerprint density at radius 2 is 1.63 bits per heavy atom. The van der Waals surface area contributed by atoms with E-state index < -0.39 is 0 Å². The van der Waals surface area contributed by atoms with Crippen molar-refractivity contribution in [2.75, 3.05) is 13.1 Å². The van der Waals surface area contributed by atoms with Gasteiger partial charge in [-0.15, -0.1) is 0 Å².